The lowest BCUT2D eigenvalue weighted by atomic mass is 10.1. The molecule has 2 aromatic heterocycles. The highest BCUT2D eigenvalue weighted by Crippen LogP contribution is 2.22. The largest absolute Gasteiger partial charge is 0.433 e. The molecule has 0 radical (unpaired) electrons. The molecule has 2 aromatic rings. The van der Waals surface area contributed by atoms with Crippen LogP contribution in [-0.2, 0) is 0 Å². The van der Waals surface area contributed by atoms with Gasteiger partial charge in [0.25, 0.3) is 0 Å². The van der Waals surface area contributed by atoms with Crippen molar-refractivity contribution in [2.75, 3.05) is 0 Å². The Morgan fingerprint density at radius 2 is 1.94 bits per heavy atom. The topological polar surface area (TPSA) is 89.1 Å². The molecule has 0 aliphatic rings. The summed E-state index contributed by atoms with van der Waals surface area (Å²) in [6.07, 6.45) is 0. The molecule has 2 rings (SSSR count). The summed E-state index contributed by atoms with van der Waals surface area (Å²) in [6, 6.07) is 2.48. The lowest BCUT2D eigenvalue weighted by molar-refractivity contribution is -0.402. The molecule has 0 atom stereocenters. The van der Waals surface area contributed by atoms with E-state index in [1.807, 2.05) is 20.8 Å². The summed E-state index contributed by atoms with van der Waals surface area (Å²) in [5.41, 5.74) is 3.14. The minimum absolute atomic E-state index is 0.0361. The third-order valence-corrected chi connectivity index (χ3v) is 3.04. The minimum Gasteiger partial charge on any atom is -0.397 e. The number of aromatic nitrogens is 1. The fourth-order valence-corrected chi connectivity index (χ4v) is 1.74. The number of aromatic amines is 1. The van der Waals surface area contributed by atoms with Gasteiger partial charge in [0.15, 0.2) is 5.76 Å². The predicted octanol–water partition coefficient (Wildman–Crippen LogP) is 2.67. The molecule has 0 amide bonds. The number of hydrogen-bond acceptors (Lipinski definition) is 4. The molecule has 0 aliphatic carbocycles. The van der Waals surface area contributed by atoms with Gasteiger partial charge >= 0.3 is 5.88 Å². The first-order valence-electron chi connectivity index (χ1n) is 5.36. The second kappa shape index (κ2) is 4.14. The second-order valence-electron chi connectivity index (χ2n) is 4.10. The van der Waals surface area contributed by atoms with Gasteiger partial charge in [0.05, 0.1) is 11.8 Å². The van der Waals surface area contributed by atoms with Gasteiger partial charge in [0.1, 0.15) is 4.92 Å². The van der Waals surface area contributed by atoms with Crippen LogP contribution in [0.15, 0.2) is 16.5 Å². The van der Waals surface area contributed by atoms with Crippen molar-refractivity contribution >= 4 is 11.7 Å². The zero-order valence-corrected chi connectivity index (χ0v) is 10.2. The van der Waals surface area contributed by atoms with Crippen LogP contribution in [0.3, 0.4) is 0 Å². The molecule has 6 heteroatoms. The maximum absolute atomic E-state index is 12.1. The Bertz CT molecular complexity index is 637. The third-order valence-electron chi connectivity index (χ3n) is 3.04. The van der Waals surface area contributed by atoms with Gasteiger partial charge in [-0.3, -0.25) is 14.9 Å². The number of carbonyl (C=O) groups is 1. The van der Waals surface area contributed by atoms with Crippen molar-refractivity contribution in [3.05, 3.63) is 50.5 Å². The van der Waals surface area contributed by atoms with E-state index in [9.17, 15) is 14.9 Å². The molecule has 0 fully saturated rings. The summed E-state index contributed by atoms with van der Waals surface area (Å²) in [5, 5.41) is 10.5. The van der Waals surface area contributed by atoms with Gasteiger partial charge in [0, 0.05) is 5.69 Å². The average Bonchev–Trinajstić information content (AvgIpc) is 2.90. The number of carbonyl (C=O) groups excluding carboxylic acids is 1. The van der Waals surface area contributed by atoms with E-state index in [1.54, 1.807) is 0 Å². The number of H-pyrrole nitrogens is 1. The standard InChI is InChI=1S/C12H12N2O4/c1-6-7(2)11(13-8(6)3)12(15)9-4-5-10(18-9)14(16)17/h4-5,13H,1-3H3. The highest BCUT2D eigenvalue weighted by atomic mass is 16.6. The van der Waals surface area contributed by atoms with Gasteiger partial charge in [-0.25, -0.2) is 0 Å². The fourth-order valence-electron chi connectivity index (χ4n) is 1.74. The summed E-state index contributed by atoms with van der Waals surface area (Å²) >= 11 is 0. The zero-order chi connectivity index (χ0) is 13.4. The lowest BCUT2D eigenvalue weighted by Crippen LogP contribution is -2.02. The molecule has 0 saturated heterocycles. The summed E-state index contributed by atoms with van der Waals surface area (Å²) in [4.78, 5) is 24.9. The van der Waals surface area contributed by atoms with Crippen LogP contribution in [0.5, 0.6) is 0 Å². The van der Waals surface area contributed by atoms with Crippen LogP contribution in [0.1, 0.15) is 33.1 Å². The average molecular weight is 248 g/mol. The highest BCUT2D eigenvalue weighted by Gasteiger charge is 2.22. The maximum Gasteiger partial charge on any atom is 0.433 e. The van der Waals surface area contributed by atoms with Crippen molar-refractivity contribution < 1.29 is 14.1 Å². The predicted molar refractivity (Wildman–Crippen MR) is 63.8 cm³/mol. The van der Waals surface area contributed by atoms with Gasteiger partial charge in [-0.05, 0) is 38.0 Å². The first kappa shape index (κ1) is 12.1. The quantitative estimate of drug-likeness (QED) is 0.513. The highest BCUT2D eigenvalue weighted by molar-refractivity contribution is 6.07. The number of rotatable bonds is 3. The van der Waals surface area contributed by atoms with Crippen molar-refractivity contribution in [3.8, 4) is 0 Å². The SMILES string of the molecule is Cc1[nH]c(C(=O)c2ccc([N+](=O)[O-])o2)c(C)c1C. The Kier molecular flexibility index (Phi) is 2.78. The molecule has 0 aromatic carbocycles. The number of hydrogen-bond donors (Lipinski definition) is 1. The van der Waals surface area contributed by atoms with Crippen LogP contribution in [0.2, 0.25) is 0 Å². The Morgan fingerprint density at radius 1 is 1.28 bits per heavy atom. The van der Waals surface area contributed by atoms with E-state index >= 15 is 0 Å². The Hall–Kier alpha value is -2.37. The van der Waals surface area contributed by atoms with Gasteiger partial charge in [-0.2, -0.15) is 0 Å². The second-order valence-corrected chi connectivity index (χ2v) is 4.10. The van der Waals surface area contributed by atoms with Crippen molar-refractivity contribution in [3.63, 3.8) is 0 Å². The molecule has 1 N–H and O–H groups in total. The number of nitrogens with zero attached hydrogens (tertiary/aromatic N) is 1. The zero-order valence-electron chi connectivity index (χ0n) is 10.2. The molecule has 0 unspecified atom stereocenters. The van der Waals surface area contributed by atoms with Crippen LogP contribution in [0.4, 0.5) is 5.88 Å². The van der Waals surface area contributed by atoms with Crippen LogP contribution in [0, 0.1) is 30.9 Å². The summed E-state index contributed by atoms with van der Waals surface area (Å²) in [5.74, 6) is -0.848. The monoisotopic (exact) mass is 248 g/mol. The Balaban J connectivity index is 2.41. The van der Waals surface area contributed by atoms with Gasteiger partial charge in [0.2, 0.25) is 5.78 Å². The van der Waals surface area contributed by atoms with E-state index in [1.165, 1.54) is 12.1 Å². The summed E-state index contributed by atoms with van der Waals surface area (Å²) in [7, 11) is 0. The summed E-state index contributed by atoms with van der Waals surface area (Å²) in [6.45, 7) is 5.59. The molecule has 0 aliphatic heterocycles. The lowest BCUT2D eigenvalue weighted by Gasteiger charge is -1.96. The number of furan rings is 1. The van der Waals surface area contributed by atoms with Crippen molar-refractivity contribution in [1.82, 2.24) is 4.98 Å². The molecule has 0 spiro atoms. The van der Waals surface area contributed by atoms with E-state index in [2.05, 4.69) is 4.98 Å². The minimum atomic E-state index is -0.672. The van der Waals surface area contributed by atoms with Crippen molar-refractivity contribution in [2.24, 2.45) is 0 Å². The fraction of sp³-hybridized carbons (Fsp3) is 0.250. The molecule has 18 heavy (non-hydrogen) atoms. The number of aryl methyl sites for hydroxylation is 1. The van der Waals surface area contributed by atoms with Gasteiger partial charge in [-0.1, -0.05) is 0 Å². The number of nitrogens with one attached hydrogen (secondary N) is 1. The van der Waals surface area contributed by atoms with Crippen molar-refractivity contribution in [1.29, 1.82) is 0 Å². The molecule has 6 nitrogen and oxygen atoms in total. The van der Waals surface area contributed by atoms with Gasteiger partial charge < -0.3 is 9.40 Å². The Labute approximate surface area is 103 Å². The van der Waals surface area contributed by atoms with Crippen molar-refractivity contribution in [2.45, 2.75) is 20.8 Å². The van der Waals surface area contributed by atoms with E-state index in [0.29, 0.717) is 5.69 Å². The van der Waals surface area contributed by atoms with Crippen LogP contribution in [0.25, 0.3) is 0 Å². The molecule has 0 bridgehead atoms. The number of nitro groups is 1. The van der Waals surface area contributed by atoms with Crippen LogP contribution < -0.4 is 0 Å². The Morgan fingerprint density at radius 3 is 2.39 bits per heavy atom. The van der Waals surface area contributed by atoms with E-state index in [0.717, 1.165) is 16.8 Å². The van der Waals surface area contributed by atoms with Gasteiger partial charge in [-0.15, -0.1) is 0 Å². The first-order chi connectivity index (χ1) is 8.41. The van der Waals surface area contributed by atoms with Crippen LogP contribution in [-0.4, -0.2) is 15.7 Å². The van der Waals surface area contributed by atoms with E-state index in [-0.39, 0.29) is 11.5 Å². The molecule has 0 saturated carbocycles. The molecular weight excluding hydrogens is 236 g/mol. The third kappa shape index (κ3) is 1.81. The molecule has 94 valence electrons. The summed E-state index contributed by atoms with van der Waals surface area (Å²) < 4.78 is 4.90. The molecule has 2 heterocycles. The smallest absolute Gasteiger partial charge is 0.397 e. The van der Waals surface area contributed by atoms with Crippen LogP contribution >= 0.6 is 0 Å². The number of ketones is 1. The molecular formula is C12H12N2O4. The normalized spacial score (nSPS) is 10.6. The first-order valence-corrected chi connectivity index (χ1v) is 5.36. The van der Waals surface area contributed by atoms with E-state index < -0.39 is 10.8 Å². The van der Waals surface area contributed by atoms with E-state index in [4.69, 9.17) is 4.42 Å². The maximum atomic E-state index is 12.1.